The zero-order valence-electron chi connectivity index (χ0n) is 15.1. The zero-order chi connectivity index (χ0) is 17.6. The molecule has 25 heavy (non-hydrogen) atoms. The van der Waals surface area contributed by atoms with Crippen LogP contribution >= 0.6 is 0 Å². The molecule has 1 aromatic carbocycles. The molecule has 0 bridgehead atoms. The van der Waals surface area contributed by atoms with Crippen molar-refractivity contribution in [3.05, 3.63) is 53.5 Å². The lowest BCUT2D eigenvalue weighted by Crippen LogP contribution is -2.47. The number of anilines is 1. The average Bonchev–Trinajstić information content (AvgIpc) is 2.98. The number of piperazine rings is 1. The third kappa shape index (κ3) is 4.63. The van der Waals surface area contributed by atoms with Gasteiger partial charge in [-0.2, -0.15) is 0 Å². The second kappa shape index (κ2) is 8.21. The number of para-hydroxylation sites is 1. The zero-order valence-corrected chi connectivity index (χ0v) is 15.1. The maximum absolute atomic E-state index is 12.1. The Morgan fingerprint density at radius 3 is 2.48 bits per heavy atom. The van der Waals surface area contributed by atoms with Crippen molar-refractivity contribution in [3.63, 3.8) is 0 Å². The van der Waals surface area contributed by atoms with E-state index in [4.69, 9.17) is 4.42 Å². The summed E-state index contributed by atoms with van der Waals surface area (Å²) >= 11 is 0. The van der Waals surface area contributed by atoms with E-state index >= 15 is 0 Å². The molecule has 1 aromatic heterocycles. The van der Waals surface area contributed by atoms with Gasteiger partial charge in [0.05, 0.1) is 5.56 Å². The van der Waals surface area contributed by atoms with E-state index < -0.39 is 0 Å². The molecule has 1 aliphatic heterocycles. The molecule has 1 saturated heterocycles. The number of benzene rings is 1. The van der Waals surface area contributed by atoms with Crippen LogP contribution in [0.5, 0.6) is 0 Å². The van der Waals surface area contributed by atoms with Gasteiger partial charge >= 0.3 is 0 Å². The third-order valence-corrected chi connectivity index (χ3v) is 4.72. The summed E-state index contributed by atoms with van der Waals surface area (Å²) in [5.74, 6) is 1.43. The Kier molecular flexibility index (Phi) is 5.76. The molecule has 3 rings (SSSR count). The van der Waals surface area contributed by atoms with Gasteiger partial charge in [0.2, 0.25) is 0 Å². The molecule has 0 radical (unpaired) electrons. The number of nitrogens with one attached hydrogen (secondary N) is 1. The van der Waals surface area contributed by atoms with Crippen LogP contribution in [-0.4, -0.2) is 50.1 Å². The molecule has 1 fully saturated rings. The second-order valence-electron chi connectivity index (χ2n) is 6.60. The molecule has 1 aliphatic rings. The Morgan fingerprint density at radius 1 is 1.12 bits per heavy atom. The summed E-state index contributed by atoms with van der Waals surface area (Å²) in [6.45, 7) is 9.67. The van der Waals surface area contributed by atoms with Crippen LogP contribution in [0.25, 0.3) is 0 Å². The first-order valence-electron chi connectivity index (χ1n) is 9.01. The first-order valence-corrected chi connectivity index (χ1v) is 9.01. The van der Waals surface area contributed by atoms with E-state index in [-0.39, 0.29) is 5.91 Å². The van der Waals surface area contributed by atoms with Gasteiger partial charge in [0.1, 0.15) is 11.5 Å². The topological polar surface area (TPSA) is 48.7 Å². The lowest BCUT2D eigenvalue weighted by molar-refractivity contribution is 0.0950. The van der Waals surface area contributed by atoms with Gasteiger partial charge in [0.25, 0.3) is 5.91 Å². The maximum atomic E-state index is 12.1. The quantitative estimate of drug-likeness (QED) is 0.821. The number of rotatable bonds is 6. The number of amides is 1. The predicted octanol–water partition coefficient (Wildman–Crippen LogP) is 2.84. The SMILES string of the molecule is Cc1cc(C(=O)NCCCN2CCN(c3ccccc3)CC2)c(C)o1. The van der Waals surface area contributed by atoms with Crippen molar-refractivity contribution in [1.29, 1.82) is 0 Å². The molecule has 2 aromatic rings. The van der Waals surface area contributed by atoms with Gasteiger partial charge in [-0.15, -0.1) is 0 Å². The molecule has 0 aliphatic carbocycles. The number of hydrogen-bond acceptors (Lipinski definition) is 4. The van der Waals surface area contributed by atoms with Crippen LogP contribution in [0.4, 0.5) is 5.69 Å². The summed E-state index contributed by atoms with van der Waals surface area (Å²) in [6, 6.07) is 12.4. The molecule has 0 saturated carbocycles. The fourth-order valence-corrected chi connectivity index (χ4v) is 3.32. The highest BCUT2D eigenvalue weighted by Crippen LogP contribution is 2.16. The number of carbonyl (C=O) groups is 1. The van der Waals surface area contributed by atoms with E-state index in [1.54, 1.807) is 6.07 Å². The van der Waals surface area contributed by atoms with Crippen LogP contribution in [0.15, 0.2) is 40.8 Å². The van der Waals surface area contributed by atoms with Crippen LogP contribution in [-0.2, 0) is 0 Å². The molecule has 1 N–H and O–H groups in total. The van der Waals surface area contributed by atoms with Crippen molar-refractivity contribution in [3.8, 4) is 0 Å². The van der Waals surface area contributed by atoms with Crippen LogP contribution in [0.1, 0.15) is 28.3 Å². The van der Waals surface area contributed by atoms with Crippen LogP contribution < -0.4 is 10.2 Å². The monoisotopic (exact) mass is 341 g/mol. The highest BCUT2D eigenvalue weighted by molar-refractivity contribution is 5.95. The fourth-order valence-electron chi connectivity index (χ4n) is 3.32. The first-order chi connectivity index (χ1) is 12.1. The summed E-state index contributed by atoms with van der Waals surface area (Å²) < 4.78 is 5.41. The molecular weight excluding hydrogens is 314 g/mol. The van der Waals surface area contributed by atoms with Gasteiger partial charge in [-0.05, 0) is 45.0 Å². The molecule has 1 amide bonds. The molecule has 2 heterocycles. The second-order valence-corrected chi connectivity index (χ2v) is 6.60. The Labute approximate surface area is 149 Å². The Bertz CT molecular complexity index is 688. The van der Waals surface area contributed by atoms with Crippen LogP contribution in [0.2, 0.25) is 0 Å². The van der Waals surface area contributed by atoms with Gasteiger partial charge in [-0.1, -0.05) is 18.2 Å². The summed E-state index contributed by atoms with van der Waals surface area (Å²) in [5, 5.41) is 2.99. The third-order valence-electron chi connectivity index (χ3n) is 4.72. The molecule has 0 atom stereocenters. The Hall–Kier alpha value is -2.27. The number of hydrogen-bond donors (Lipinski definition) is 1. The van der Waals surface area contributed by atoms with Crippen LogP contribution in [0.3, 0.4) is 0 Å². The summed E-state index contributed by atoms with van der Waals surface area (Å²) in [5.41, 5.74) is 1.95. The van der Waals surface area contributed by atoms with Crippen molar-refractivity contribution in [2.24, 2.45) is 0 Å². The van der Waals surface area contributed by atoms with Gasteiger partial charge in [0, 0.05) is 38.4 Å². The average molecular weight is 341 g/mol. The van der Waals surface area contributed by atoms with E-state index in [1.165, 1.54) is 5.69 Å². The fraction of sp³-hybridized carbons (Fsp3) is 0.450. The van der Waals surface area contributed by atoms with Gasteiger partial charge in [0.15, 0.2) is 0 Å². The number of nitrogens with zero attached hydrogens (tertiary/aromatic N) is 2. The summed E-state index contributed by atoms with van der Waals surface area (Å²) in [7, 11) is 0. The molecule has 134 valence electrons. The molecule has 5 heteroatoms. The minimum Gasteiger partial charge on any atom is -0.466 e. The van der Waals surface area contributed by atoms with Gasteiger partial charge in [-0.25, -0.2) is 0 Å². The lowest BCUT2D eigenvalue weighted by Gasteiger charge is -2.36. The lowest BCUT2D eigenvalue weighted by atomic mass is 10.2. The van der Waals surface area contributed by atoms with Crippen LogP contribution in [0, 0.1) is 13.8 Å². The van der Waals surface area contributed by atoms with Gasteiger partial charge < -0.3 is 14.6 Å². The van der Waals surface area contributed by atoms with Crippen molar-refractivity contribution in [2.75, 3.05) is 44.2 Å². The highest BCUT2D eigenvalue weighted by Gasteiger charge is 2.17. The Balaban J connectivity index is 1.35. The summed E-state index contributed by atoms with van der Waals surface area (Å²) in [4.78, 5) is 17.0. The Morgan fingerprint density at radius 2 is 1.84 bits per heavy atom. The van der Waals surface area contributed by atoms with Crippen molar-refractivity contribution in [1.82, 2.24) is 10.2 Å². The van der Waals surface area contributed by atoms with Gasteiger partial charge in [-0.3, -0.25) is 9.69 Å². The number of carbonyl (C=O) groups excluding carboxylic acids is 1. The smallest absolute Gasteiger partial charge is 0.254 e. The van der Waals surface area contributed by atoms with E-state index in [0.29, 0.717) is 17.9 Å². The molecule has 5 nitrogen and oxygen atoms in total. The maximum Gasteiger partial charge on any atom is 0.254 e. The molecular formula is C20H27N3O2. The highest BCUT2D eigenvalue weighted by atomic mass is 16.3. The van der Waals surface area contributed by atoms with E-state index in [9.17, 15) is 4.79 Å². The normalized spacial score (nSPS) is 15.4. The van der Waals surface area contributed by atoms with E-state index in [1.807, 2.05) is 13.8 Å². The number of aryl methyl sites for hydroxylation is 2. The largest absolute Gasteiger partial charge is 0.466 e. The standard InChI is InChI=1S/C20H27N3O2/c1-16-15-19(17(2)25-16)20(24)21-9-6-10-22-11-13-23(14-12-22)18-7-4-3-5-8-18/h3-5,7-8,15H,6,9-14H2,1-2H3,(H,21,24). The van der Waals surface area contributed by atoms with Crippen molar-refractivity contribution < 1.29 is 9.21 Å². The minimum absolute atomic E-state index is 0.0387. The van der Waals surface area contributed by atoms with E-state index in [2.05, 4.69) is 45.4 Å². The molecule has 0 spiro atoms. The van der Waals surface area contributed by atoms with Crippen molar-refractivity contribution >= 4 is 11.6 Å². The summed E-state index contributed by atoms with van der Waals surface area (Å²) in [6.07, 6.45) is 0.965. The molecule has 0 unspecified atom stereocenters. The first kappa shape index (κ1) is 17.5. The van der Waals surface area contributed by atoms with Crippen molar-refractivity contribution in [2.45, 2.75) is 20.3 Å². The minimum atomic E-state index is -0.0387. The number of furan rings is 1. The predicted molar refractivity (Wildman–Crippen MR) is 100 cm³/mol. The van der Waals surface area contributed by atoms with E-state index in [0.717, 1.165) is 44.9 Å².